The smallest absolute Gasteiger partial charge is 0.326 e. The molecule has 3 nitrogen and oxygen atoms in total. The van der Waals surface area contributed by atoms with Crippen LogP contribution in [-0.4, -0.2) is 38.5 Å². The van der Waals surface area contributed by atoms with E-state index in [4.69, 9.17) is 4.74 Å². The van der Waals surface area contributed by atoms with Gasteiger partial charge in [-0.15, -0.1) is 0 Å². The van der Waals surface area contributed by atoms with Crippen LogP contribution in [0.15, 0.2) is 0 Å². The van der Waals surface area contributed by atoms with Crippen molar-refractivity contribution in [3.05, 3.63) is 0 Å². The Morgan fingerprint density at radius 2 is 2.09 bits per heavy atom. The van der Waals surface area contributed by atoms with Gasteiger partial charge < -0.3 is 9.30 Å². The minimum Gasteiger partial charge on any atom is -0.462 e. The Hall–Kier alpha value is -0.353. The second-order valence-corrected chi connectivity index (χ2v) is 8.97. The molecule has 0 aromatic heterocycles. The highest BCUT2D eigenvalue weighted by Crippen LogP contribution is 2.17. The molecule has 0 bridgehead atoms. The summed E-state index contributed by atoms with van der Waals surface area (Å²) in [5.74, 6) is -0.0603. The number of esters is 1. The Balaban J connectivity index is 2.54. The summed E-state index contributed by atoms with van der Waals surface area (Å²) in [6, 6.07) is 0.0432. The fourth-order valence-electron chi connectivity index (χ4n) is 0.963. The predicted molar refractivity (Wildman–Crippen MR) is 45.9 cm³/mol. The van der Waals surface area contributed by atoms with Crippen LogP contribution in [0.4, 0.5) is 0 Å². The Labute approximate surface area is 68.4 Å². The van der Waals surface area contributed by atoms with Crippen LogP contribution in [0, 0.1) is 0 Å². The molecule has 1 rings (SSSR count). The van der Waals surface area contributed by atoms with Crippen molar-refractivity contribution in [2.75, 3.05) is 13.7 Å². The Kier molecular flexibility index (Phi) is 2.07. The van der Waals surface area contributed by atoms with Gasteiger partial charge in [0.2, 0.25) is 0 Å². The molecule has 0 aromatic carbocycles. The van der Waals surface area contributed by atoms with Gasteiger partial charge in [0.15, 0.2) is 0 Å². The molecule has 1 fully saturated rings. The van der Waals surface area contributed by atoms with Gasteiger partial charge in [0.25, 0.3) is 0 Å². The molecular formula is C7H15NO2Si. The predicted octanol–water partition coefficient (Wildman–Crippen LogP) is 0.678. The first-order valence-electron chi connectivity index (χ1n) is 3.82. The summed E-state index contributed by atoms with van der Waals surface area (Å²) >= 11 is 0. The maximum atomic E-state index is 10.9. The number of hydrogen-bond donors (Lipinski definition) is 0. The Morgan fingerprint density at radius 3 is 2.18 bits per heavy atom. The lowest BCUT2D eigenvalue weighted by atomic mass is 10.2. The molecule has 4 heteroatoms. The van der Waals surface area contributed by atoms with Crippen molar-refractivity contribution in [2.24, 2.45) is 0 Å². The first kappa shape index (κ1) is 8.74. The zero-order chi connectivity index (χ0) is 8.65. The van der Waals surface area contributed by atoms with Crippen molar-refractivity contribution in [1.82, 2.24) is 4.57 Å². The third kappa shape index (κ3) is 1.62. The quantitative estimate of drug-likeness (QED) is 0.454. The van der Waals surface area contributed by atoms with Gasteiger partial charge in [-0.2, -0.15) is 0 Å². The number of hydrogen-bond acceptors (Lipinski definition) is 3. The summed E-state index contributed by atoms with van der Waals surface area (Å²) in [6.45, 7) is 7.25. The van der Waals surface area contributed by atoms with Gasteiger partial charge in [0.1, 0.15) is 20.9 Å². The standard InChI is InChI=1S/C7H15NO2Si/c1-8(11(2,3)4)6-5-10-7(6)9/h6H,5H2,1-4H3. The third-order valence-electron chi connectivity index (χ3n) is 2.18. The zero-order valence-electron chi connectivity index (χ0n) is 7.55. The van der Waals surface area contributed by atoms with E-state index in [1.807, 2.05) is 7.05 Å². The van der Waals surface area contributed by atoms with E-state index in [-0.39, 0.29) is 12.0 Å². The first-order chi connectivity index (χ1) is 4.93. The van der Waals surface area contributed by atoms with Gasteiger partial charge in [-0.05, 0) is 7.05 Å². The lowest BCUT2D eigenvalue weighted by Gasteiger charge is -2.40. The molecule has 64 valence electrons. The molecule has 1 heterocycles. The average Bonchev–Trinajstić information content (AvgIpc) is 1.83. The van der Waals surface area contributed by atoms with E-state index in [0.29, 0.717) is 6.61 Å². The van der Waals surface area contributed by atoms with Crippen molar-refractivity contribution in [2.45, 2.75) is 25.7 Å². The minimum absolute atomic E-state index is 0.0432. The summed E-state index contributed by atoms with van der Waals surface area (Å²) in [6.07, 6.45) is 0. The molecule has 0 amide bonds. The van der Waals surface area contributed by atoms with Gasteiger partial charge in [-0.1, -0.05) is 19.6 Å². The van der Waals surface area contributed by atoms with Crippen LogP contribution in [0.5, 0.6) is 0 Å². The van der Waals surface area contributed by atoms with Gasteiger partial charge in [0.05, 0.1) is 0 Å². The van der Waals surface area contributed by atoms with Gasteiger partial charge in [-0.3, -0.25) is 4.79 Å². The van der Waals surface area contributed by atoms with E-state index in [9.17, 15) is 4.79 Å². The highest BCUT2D eigenvalue weighted by atomic mass is 28.3. The molecule has 1 atom stereocenters. The van der Waals surface area contributed by atoms with E-state index in [1.54, 1.807) is 0 Å². The van der Waals surface area contributed by atoms with Crippen molar-refractivity contribution in [3.8, 4) is 0 Å². The Bertz CT molecular complexity index is 176. The van der Waals surface area contributed by atoms with Crippen molar-refractivity contribution >= 4 is 14.2 Å². The van der Waals surface area contributed by atoms with E-state index in [2.05, 4.69) is 24.2 Å². The number of carbonyl (C=O) groups is 1. The second kappa shape index (κ2) is 2.60. The topological polar surface area (TPSA) is 29.5 Å². The van der Waals surface area contributed by atoms with Crippen molar-refractivity contribution in [1.29, 1.82) is 0 Å². The first-order valence-corrected chi connectivity index (χ1v) is 7.27. The van der Waals surface area contributed by atoms with E-state index < -0.39 is 8.24 Å². The monoisotopic (exact) mass is 173 g/mol. The highest BCUT2D eigenvalue weighted by Gasteiger charge is 2.39. The number of cyclic esters (lactones) is 1. The van der Waals surface area contributed by atoms with Crippen LogP contribution in [0.2, 0.25) is 19.6 Å². The van der Waals surface area contributed by atoms with Crippen molar-refractivity contribution in [3.63, 3.8) is 0 Å². The number of nitrogens with zero attached hydrogens (tertiary/aromatic N) is 1. The van der Waals surface area contributed by atoms with E-state index in [1.165, 1.54) is 0 Å². The molecule has 0 saturated carbocycles. The van der Waals surface area contributed by atoms with Crippen LogP contribution >= 0.6 is 0 Å². The molecule has 1 unspecified atom stereocenters. The van der Waals surface area contributed by atoms with Gasteiger partial charge in [-0.25, -0.2) is 0 Å². The second-order valence-electron chi connectivity index (χ2n) is 3.93. The molecule has 0 N–H and O–H groups in total. The molecule has 0 spiro atoms. The van der Waals surface area contributed by atoms with Crippen molar-refractivity contribution < 1.29 is 9.53 Å². The normalized spacial score (nSPS) is 24.8. The fourth-order valence-corrected chi connectivity index (χ4v) is 2.08. The summed E-state index contributed by atoms with van der Waals surface area (Å²) < 4.78 is 6.88. The number of carbonyl (C=O) groups excluding carboxylic acids is 1. The SMILES string of the molecule is CN(C1COC1=O)[Si](C)(C)C. The maximum absolute atomic E-state index is 10.9. The molecule has 1 aliphatic rings. The molecule has 0 aromatic rings. The number of rotatable bonds is 2. The zero-order valence-corrected chi connectivity index (χ0v) is 8.55. The van der Waals surface area contributed by atoms with Crippen LogP contribution in [-0.2, 0) is 9.53 Å². The molecule has 11 heavy (non-hydrogen) atoms. The molecular weight excluding hydrogens is 158 g/mol. The van der Waals surface area contributed by atoms with Crippen LogP contribution in [0.25, 0.3) is 0 Å². The minimum atomic E-state index is -1.30. The third-order valence-corrected chi connectivity index (χ3v) is 4.61. The van der Waals surface area contributed by atoms with Gasteiger partial charge in [0, 0.05) is 0 Å². The van der Waals surface area contributed by atoms with Crippen LogP contribution in [0.1, 0.15) is 0 Å². The van der Waals surface area contributed by atoms with E-state index >= 15 is 0 Å². The maximum Gasteiger partial charge on any atom is 0.326 e. The lowest BCUT2D eigenvalue weighted by Crippen LogP contribution is -2.59. The lowest BCUT2D eigenvalue weighted by molar-refractivity contribution is -0.167. The molecule has 0 aliphatic carbocycles. The number of ether oxygens (including phenoxy) is 1. The fraction of sp³-hybridized carbons (Fsp3) is 0.857. The Morgan fingerprint density at radius 1 is 1.55 bits per heavy atom. The summed E-state index contributed by atoms with van der Waals surface area (Å²) in [5.41, 5.74) is 0. The van der Waals surface area contributed by atoms with Gasteiger partial charge >= 0.3 is 5.97 Å². The molecule has 0 radical (unpaired) electrons. The van der Waals surface area contributed by atoms with Crippen LogP contribution < -0.4 is 0 Å². The highest BCUT2D eigenvalue weighted by molar-refractivity contribution is 6.73. The summed E-state index contributed by atoms with van der Waals surface area (Å²) in [5, 5.41) is 0. The molecule has 1 saturated heterocycles. The van der Waals surface area contributed by atoms with Crippen LogP contribution in [0.3, 0.4) is 0 Å². The number of likely N-dealkylation sites (N-methyl/N-ethyl adjacent to an activating group) is 1. The summed E-state index contributed by atoms with van der Waals surface area (Å²) in [4.78, 5) is 10.9. The summed E-state index contributed by atoms with van der Waals surface area (Å²) in [7, 11) is 0.709. The van der Waals surface area contributed by atoms with E-state index in [0.717, 1.165) is 0 Å². The molecule has 1 aliphatic heterocycles. The largest absolute Gasteiger partial charge is 0.462 e. The average molecular weight is 173 g/mol.